The molecule has 2 rings (SSSR count). The molecule has 0 saturated carbocycles. The van der Waals surface area contributed by atoms with Gasteiger partial charge in [-0.05, 0) is 44.3 Å². The summed E-state index contributed by atoms with van der Waals surface area (Å²) in [5.41, 5.74) is 0. The van der Waals surface area contributed by atoms with E-state index in [1.54, 1.807) is 0 Å². The molecule has 2 heterocycles. The number of thioether (sulfide) groups is 1. The van der Waals surface area contributed by atoms with Crippen molar-refractivity contribution < 1.29 is 13.5 Å². The Labute approximate surface area is 120 Å². The van der Waals surface area contributed by atoms with Crippen LogP contribution in [0.3, 0.4) is 0 Å². The molecule has 0 aliphatic carbocycles. The van der Waals surface area contributed by atoms with Crippen molar-refractivity contribution in [1.29, 1.82) is 0 Å². The van der Waals surface area contributed by atoms with Crippen LogP contribution in [0.4, 0.5) is 0 Å². The van der Waals surface area contributed by atoms with Crippen LogP contribution < -0.4 is 4.72 Å². The lowest BCUT2D eigenvalue weighted by atomic mass is 10.0. The molecule has 2 fully saturated rings. The van der Waals surface area contributed by atoms with Gasteiger partial charge in [0.1, 0.15) is 0 Å². The predicted octanol–water partition coefficient (Wildman–Crippen LogP) is 0.811. The summed E-state index contributed by atoms with van der Waals surface area (Å²) in [7, 11) is -3.39. The molecule has 2 unspecified atom stereocenters. The molecule has 0 aromatic heterocycles. The minimum atomic E-state index is -3.39. The lowest BCUT2D eigenvalue weighted by Crippen LogP contribution is -2.49. The van der Waals surface area contributed by atoms with Gasteiger partial charge in [-0.3, -0.25) is 0 Å². The fourth-order valence-corrected chi connectivity index (χ4v) is 5.50. The molecule has 2 saturated heterocycles. The third kappa shape index (κ3) is 4.07. The Morgan fingerprint density at radius 3 is 2.89 bits per heavy atom. The highest BCUT2D eigenvalue weighted by Crippen LogP contribution is 2.37. The summed E-state index contributed by atoms with van der Waals surface area (Å²) in [4.78, 5) is 0. The zero-order valence-corrected chi connectivity index (χ0v) is 13.1. The van der Waals surface area contributed by atoms with E-state index in [0.717, 1.165) is 25.0 Å². The first-order valence-corrected chi connectivity index (χ1v) is 9.37. The highest BCUT2D eigenvalue weighted by atomic mass is 32.2. The largest absolute Gasteiger partial charge is 0.396 e. The number of aliphatic hydroxyl groups excluding tert-OH is 1. The average molecular weight is 308 g/mol. The summed E-state index contributed by atoms with van der Waals surface area (Å²) in [5, 5.41) is 9.17. The molecule has 2 atom stereocenters. The summed E-state index contributed by atoms with van der Waals surface area (Å²) < 4.78 is 28.8. The summed E-state index contributed by atoms with van der Waals surface area (Å²) in [6.45, 7) is 3.70. The third-order valence-electron chi connectivity index (χ3n) is 4.01. The van der Waals surface area contributed by atoms with Crippen molar-refractivity contribution in [3.05, 3.63) is 0 Å². The van der Waals surface area contributed by atoms with E-state index in [2.05, 4.69) is 11.6 Å². The molecule has 0 aromatic carbocycles. The fourth-order valence-electron chi connectivity index (χ4n) is 2.71. The molecule has 2 N–H and O–H groups in total. The highest BCUT2D eigenvalue weighted by Gasteiger charge is 2.33. The van der Waals surface area contributed by atoms with E-state index in [0.29, 0.717) is 19.6 Å². The topological polar surface area (TPSA) is 69.6 Å². The maximum Gasteiger partial charge on any atom is 0.279 e. The summed E-state index contributed by atoms with van der Waals surface area (Å²) >= 11 is 1.85. The molecule has 5 nitrogen and oxygen atoms in total. The second-order valence-electron chi connectivity index (χ2n) is 5.78. The van der Waals surface area contributed by atoms with Crippen LogP contribution in [-0.4, -0.2) is 54.6 Å². The molecule has 0 aromatic rings. The van der Waals surface area contributed by atoms with Crippen molar-refractivity contribution >= 4 is 22.0 Å². The van der Waals surface area contributed by atoms with Gasteiger partial charge in [-0.15, -0.1) is 0 Å². The number of nitrogens with one attached hydrogen (secondary N) is 1. The Balaban J connectivity index is 1.90. The molecule has 7 heteroatoms. The average Bonchev–Trinajstić information content (AvgIpc) is 2.84. The Morgan fingerprint density at radius 1 is 1.47 bits per heavy atom. The minimum Gasteiger partial charge on any atom is -0.396 e. The second-order valence-corrected chi connectivity index (χ2v) is 9.21. The van der Waals surface area contributed by atoms with Crippen LogP contribution in [0.25, 0.3) is 0 Å². The van der Waals surface area contributed by atoms with Gasteiger partial charge < -0.3 is 5.11 Å². The summed E-state index contributed by atoms with van der Waals surface area (Å²) in [6, 6.07) is 0. The molecule has 0 spiro atoms. The van der Waals surface area contributed by atoms with Gasteiger partial charge in [0.2, 0.25) is 0 Å². The van der Waals surface area contributed by atoms with Crippen LogP contribution in [0.1, 0.15) is 32.6 Å². The molecule has 0 bridgehead atoms. The molecule has 0 amide bonds. The first-order valence-electron chi connectivity index (χ1n) is 6.95. The highest BCUT2D eigenvalue weighted by molar-refractivity contribution is 8.00. The van der Waals surface area contributed by atoms with E-state index in [-0.39, 0.29) is 17.3 Å². The number of hydrogen-bond donors (Lipinski definition) is 2. The minimum absolute atomic E-state index is 0.0409. The van der Waals surface area contributed by atoms with Gasteiger partial charge in [0.25, 0.3) is 10.2 Å². The van der Waals surface area contributed by atoms with Crippen LogP contribution in [0, 0.1) is 5.92 Å². The van der Waals surface area contributed by atoms with Gasteiger partial charge >= 0.3 is 0 Å². The monoisotopic (exact) mass is 308 g/mol. The number of rotatable bonds is 5. The SMILES string of the molecule is CC1(CNS(=O)(=O)N2CCCC(CO)C2)CCCS1. The van der Waals surface area contributed by atoms with E-state index in [9.17, 15) is 13.5 Å². The first kappa shape index (κ1) is 15.6. The van der Waals surface area contributed by atoms with Gasteiger partial charge in [-0.25, -0.2) is 4.72 Å². The lowest BCUT2D eigenvalue weighted by Gasteiger charge is -2.32. The van der Waals surface area contributed by atoms with Crippen LogP contribution in [0.5, 0.6) is 0 Å². The summed E-state index contributed by atoms with van der Waals surface area (Å²) in [6.07, 6.45) is 3.98. The van der Waals surface area contributed by atoms with Crippen LogP contribution in [0.2, 0.25) is 0 Å². The molecule has 2 aliphatic rings. The Hall–Kier alpha value is 0.180. The number of nitrogens with zero attached hydrogens (tertiary/aromatic N) is 1. The van der Waals surface area contributed by atoms with Crippen LogP contribution in [-0.2, 0) is 10.2 Å². The maximum absolute atomic E-state index is 12.3. The number of hydrogen-bond acceptors (Lipinski definition) is 4. The molecule has 2 aliphatic heterocycles. The number of aliphatic hydroxyl groups is 1. The molecular formula is C12H24N2O3S2. The zero-order chi connectivity index (χ0) is 13.9. The van der Waals surface area contributed by atoms with Gasteiger partial charge in [-0.1, -0.05) is 0 Å². The van der Waals surface area contributed by atoms with Crippen molar-refractivity contribution in [3.8, 4) is 0 Å². The van der Waals surface area contributed by atoms with Crippen molar-refractivity contribution in [2.45, 2.75) is 37.4 Å². The second kappa shape index (κ2) is 6.30. The fraction of sp³-hybridized carbons (Fsp3) is 1.00. The zero-order valence-electron chi connectivity index (χ0n) is 11.5. The van der Waals surface area contributed by atoms with E-state index in [1.165, 1.54) is 10.7 Å². The molecule has 112 valence electrons. The van der Waals surface area contributed by atoms with Crippen molar-refractivity contribution in [3.63, 3.8) is 0 Å². The Bertz CT molecular complexity index is 394. The van der Waals surface area contributed by atoms with Crippen LogP contribution >= 0.6 is 11.8 Å². The quantitative estimate of drug-likeness (QED) is 0.788. The van der Waals surface area contributed by atoms with Crippen molar-refractivity contribution in [2.24, 2.45) is 5.92 Å². The lowest BCUT2D eigenvalue weighted by molar-refractivity contribution is 0.164. The van der Waals surface area contributed by atoms with E-state index < -0.39 is 10.2 Å². The standard InChI is InChI=1S/C12H24N2O3S2/c1-12(5-3-7-18-12)10-13-19(16,17)14-6-2-4-11(8-14)9-15/h11,13,15H,2-10H2,1H3. The summed E-state index contributed by atoms with van der Waals surface area (Å²) in [5.74, 6) is 1.20. The van der Waals surface area contributed by atoms with Crippen molar-refractivity contribution in [1.82, 2.24) is 9.03 Å². The Morgan fingerprint density at radius 2 is 2.26 bits per heavy atom. The first-order chi connectivity index (χ1) is 8.95. The van der Waals surface area contributed by atoms with E-state index in [1.807, 2.05) is 11.8 Å². The van der Waals surface area contributed by atoms with Crippen LogP contribution in [0.15, 0.2) is 0 Å². The number of piperidine rings is 1. The van der Waals surface area contributed by atoms with E-state index >= 15 is 0 Å². The molecule has 0 radical (unpaired) electrons. The van der Waals surface area contributed by atoms with Gasteiger partial charge in [0.15, 0.2) is 0 Å². The van der Waals surface area contributed by atoms with Crippen molar-refractivity contribution in [2.75, 3.05) is 32.0 Å². The molecule has 19 heavy (non-hydrogen) atoms. The predicted molar refractivity (Wildman–Crippen MR) is 78.4 cm³/mol. The maximum atomic E-state index is 12.3. The molecular weight excluding hydrogens is 284 g/mol. The normalized spacial score (nSPS) is 33.7. The Kier molecular flexibility index (Phi) is 5.16. The van der Waals surface area contributed by atoms with E-state index in [4.69, 9.17) is 0 Å². The smallest absolute Gasteiger partial charge is 0.279 e. The third-order valence-corrected chi connectivity index (χ3v) is 7.07. The van der Waals surface area contributed by atoms with Gasteiger partial charge in [0, 0.05) is 31.0 Å². The van der Waals surface area contributed by atoms with Gasteiger partial charge in [-0.2, -0.15) is 24.5 Å². The van der Waals surface area contributed by atoms with Gasteiger partial charge in [0.05, 0.1) is 0 Å².